The lowest BCUT2D eigenvalue weighted by Gasteiger charge is -2.20. The van der Waals surface area contributed by atoms with E-state index in [9.17, 15) is 9.59 Å². The highest BCUT2D eigenvalue weighted by atomic mass is 32.1. The lowest BCUT2D eigenvalue weighted by atomic mass is 10.2. The van der Waals surface area contributed by atoms with Crippen LogP contribution in [-0.2, 0) is 11.3 Å². The predicted molar refractivity (Wildman–Crippen MR) is 67.0 cm³/mol. The van der Waals surface area contributed by atoms with Crippen molar-refractivity contribution in [3.05, 3.63) is 22.4 Å². The number of hydrogen-bond donors (Lipinski definition) is 3. The molecule has 0 aliphatic carbocycles. The van der Waals surface area contributed by atoms with E-state index in [1.807, 2.05) is 18.5 Å². The van der Waals surface area contributed by atoms with E-state index >= 15 is 0 Å². The van der Waals surface area contributed by atoms with Crippen LogP contribution in [0.5, 0.6) is 0 Å². The van der Waals surface area contributed by atoms with Crippen molar-refractivity contribution in [1.82, 2.24) is 10.6 Å². The quantitative estimate of drug-likeness (QED) is 0.687. The van der Waals surface area contributed by atoms with Gasteiger partial charge in [0.15, 0.2) is 6.04 Å². The van der Waals surface area contributed by atoms with Crippen LogP contribution in [0.3, 0.4) is 0 Å². The van der Waals surface area contributed by atoms with Crippen LogP contribution in [-0.4, -0.2) is 32.1 Å². The summed E-state index contributed by atoms with van der Waals surface area (Å²) in [5.41, 5.74) is 1.20. The van der Waals surface area contributed by atoms with Gasteiger partial charge in [0.05, 0.1) is 7.05 Å². The molecule has 1 heterocycles. The van der Waals surface area contributed by atoms with Crippen molar-refractivity contribution in [3.63, 3.8) is 0 Å². The predicted octanol–water partition coefficient (Wildman–Crippen LogP) is -0.393. The largest absolute Gasteiger partial charge is 0.341 e. The molecule has 3 N–H and O–H groups in total. The molecule has 0 aliphatic rings. The van der Waals surface area contributed by atoms with Gasteiger partial charge in [0.25, 0.3) is 5.91 Å². The molecule has 0 saturated carbocycles. The van der Waals surface area contributed by atoms with Crippen LogP contribution in [0.25, 0.3) is 0 Å². The number of rotatable bonds is 4. The second-order valence-corrected chi connectivity index (χ2v) is 4.72. The fourth-order valence-electron chi connectivity index (χ4n) is 1.37. The number of carbonyl (C=O) groups excluding carboxylic acids is 2. The van der Waals surface area contributed by atoms with Gasteiger partial charge in [0, 0.05) is 12.6 Å². The maximum absolute atomic E-state index is 11.7. The highest BCUT2D eigenvalue weighted by Crippen LogP contribution is 2.03. The Balaban J connectivity index is 2.48. The third-order valence-electron chi connectivity index (χ3n) is 2.66. The van der Waals surface area contributed by atoms with Crippen molar-refractivity contribution in [3.8, 4) is 0 Å². The van der Waals surface area contributed by atoms with Gasteiger partial charge in [-0.15, -0.1) is 0 Å². The molecule has 0 spiro atoms. The smallest absolute Gasteiger partial charge is 0.321 e. The molecule has 5 nitrogen and oxygen atoms in total. The van der Waals surface area contributed by atoms with Gasteiger partial charge in [0.2, 0.25) is 0 Å². The van der Waals surface area contributed by atoms with E-state index in [-0.39, 0.29) is 11.9 Å². The minimum Gasteiger partial charge on any atom is -0.341 e. The molecule has 0 fully saturated rings. The molecule has 0 saturated heterocycles. The first-order chi connectivity index (χ1) is 8.04. The van der Waals surface area contributed by atoms with Crippen molar-refractivity contribution in [1.29, 1.82) is 0 Å². The summed E-state index contributed by atoms with van der Waals surface area (Å²) in [6.07, 6.45) is 0. The van der Waals surface area contributed by atoms with Crippen LogP contribution in [0.4, 0.5) is 4.79 Å². The van der Waals surface area contributed by atoms with Crippen LogP contribution in [0.15, 0.2) is 16.8 Å². The number of urea groups is 1. The minimum atomic E-state index is -0.467. The zero-order valence-electron chi connectivity index (χ0n) is 10.2. The van der Waals surface area contributed by atoms with E-state index in [4.69, 9.17) is 0 Å². The Kier molecular flexibility index (Phi) is 5.11. The Morgan fingerprint density at radius 1 is 1.53 bits per heavy atom. The summed E-state index contributed by atoms with van der Waals surface area (Å²) in [4.78, 5) is 23.8. The SMILES string of the molecule is CNC(=O)NC(=O)[C@H](C)[NH+](C)Cc1ccsc1. The highest BCUT2D eigenvalue weighted by molar-refractivity contribution is 7.07. The first-order valence-electron chi connectivity index (χ1n) is 5.40. The number of likely N-dealkylation sites (N-methyl/N-ethyl adjacent to an activating group) is 1. The van der Waals surface area contributed by atoms with Gasteiger partial charge in [-0.3, -0.25) is 10.1 Å². The lowest BCUT2D eigenvalue weighted by Crippen LogP contribution is -3.12. The summed E-state index contributed by atoms with van der Waals surface area (Å²) in [6, 6.07) is 1.30. The van der Waals surface area contributed by atoms with Gasteiger partial charge in [-0.2, -0.15) is 11.3 Å². The fraction of sp³-hybridized carbons (Fsp3) is 0.455. The molecule has 1 aromatic rings. The first-order valence-corrected chi connectivity index (χ1v) is 6.34. The van der Waals surface area contributed by atoms with Crippen LogP contribution in [0.1, 0.15) is 12.5 Å². The Bertz CT molecular complexity index is 378. The molecule has 1 aromatic heterocycles. The number of hydrogen-bond acceptors (Lipinski definition) is 3. The van der Waals surface area contributed by atoms with E-state index in [2.05, 4.69) is 16.0 Å². The Labute approximate surface area is 105 Å². The summed E-state index contributed by atoms with van der Waals surface area (Å²) in [6.45, 7) is 2.58. The van der Waals surface area contributed by atoms with Crippen molar-refractivity contribution in [2.45, 2.75) is 19.5 Å². The maximum Gasteiger partial charge on any atom is 0.321 e. The second kappa shape index (κ2) is 6.36. The zero-order valence-corrected chi connectivity index (χ0v) is 11.1. The summed E-state index contributed by atoms with van der Waals surface area (Å²) < 4.78 is 0. The zero-order chi connectivity index (χ0) is 12.8. The van der Waals surface area contributed by atoms with Crippen LogP contribution in [0.2, 0.25) is 0 Å². The first kappa shape index (κ1) is 13.7. The molecule has 0 radical (unpaired) electrons. The molecule has 1 rings (SSSR count). The number of carbonyl (C=O) groups is 2. The molecular weight excluding hydrogens is 238 g/mol. The maximum atomic E-state index is 11.7. The van der Waals surface area contributed by atoms with Gasteiger partial charge in [-0.1, -0.05) is 0 Å². The molecule has 94 valence electrons. The van der Waals surface area contributed by atoms with Crippen LogP contribution >= 0.6 is 11.3 Å². The summed E-state index contributed by atoms with van der Waals surface area (Å²) in [7, 11) is 3.42. The molecule has 1 unspecified atom stereocenters. The minimum absolute atomic E-state index is 0.267. The summed E-state index contributed by atoms with van der Waals surface area (Å²) in [5.74, 6) is -0.267. The molecule has 0 bridgehead atoms. The summed E-state index contributed by atoms with van der Waals surface area (Å²) >= 11 is 1.64. The average Bonchev–Trinajstić information content (AvgIpc) is 2.80. The van der Waals surface area contributed by atoms with Gasteiger partial charge < -0.3 is 10.2 Å². The molecule has 2 atom stereocenters. The van der Waals surface area contributed by atoms with Gasteiger partial charge in [-0.25, -0.2) is 4.79 Å². The van der Waals surface area contributed by atoms with Crippen molar-refractivity contribution < 1.29 is 14.5 Å². The Morgan fingerprint density at radius 2 is 2.24 bits per heavy atom. The molecule has 3 amide bonds. The van der Waals surface area contributed by atoms with Gasteiger partial charge >= 0.3 is 6.03 Å². The number of nitrogens with one attached hydrogen (secondary N) is 3. The Hall–Kier alpha value is -1.40. The fourth-order valence-corrected chi connectivity index (χ4v) is 2.04. The van der Waals surface area contributed by atoms with E-state index < -0.39 is 6.03 Å². The standard InChI is InChI=1S/C11H17N3O2S/c1-8(10(15)13-11(16)12-2)14(3)6-9-4-5-17-7-9/h4-5,7-8H,6H2,1-3H3,(H2,12,13,15,16)/p+1/t8-/m0/s1. The van der Waals surface area contributed by atoms with Crippen molar-refractivity contribution in [2.75, 3.05) is 14.1 Å². The lowest BCUT2D eigenvalue weighted by molar-refractivity contribution is -0.908. The average molecular weight is 256 g/mol. The molecule has 6 heteroatoms. The topological polar surface area (TPSA) is 62.6 Å². The van der Waals surface area contributed by atoms with Crippen LogP contribution in [0, 0.1) is 0 Å². The highest BCUT2D eigenvalue weighted by Gasteiger charge is 2.23. The molecular formula is C11H18N3O2S+. The van der Waals surface area contributed by atoms with Crippen LogP contribution < -0.4 is 15.5 Å². The van der Waals surface area contributed by atoms with E-state index in [0.717, 1.165) is 11.4 Å². The normalized spacial score (nSPS) is 13.8. The summed E-state index contributed by atoms with van der Waals surface area (Å²) in [5, 5.41) is 8.71. The van der Waals surface area contributed by atoms with E-state index in [0.29, 0.717) is 0 Å². The van der Waals surface area contributed by atoms with Gasteiger partial charge in [0.1, 0.15) is 6.54 Å². The van der Waals surface area contributed by atoms with Gasteiger partial charge in [-0.05, 0) is 23.8 Å². The molecule has 0 aliphatic heterocycles. The molecule has 0 aromatic carbocycles. The number of thiophene rings is 1. The number of imide groups is 1. The molecule has 17 heavy (non-hydrogen) atoms. The van der Waals surface area contributed by atoms with Crippen molar-refractivity contribution in [2.24, 2.45) is 0 Å². The van der Waals surface area contributed by atoms with E-state index in [1.165, 1.54) is 12.6 Å². The Morgan fingerprint density at radius 3 is 2.76 bits per heavy atom. The van der Waals surface area contributed by atoms with E-state index in [1.54, 1.807) is 18.3 Å². The van der Waals surface area contributed by atoms with Crippen molar-refractivity contribution >= 4 is 23.3 Å². The monoisotopic (exact) mass is 256 g/mol. The third kappa shape index (κ3) is 4.16. The number of quaternary nitrogens is 1. The third-order valence-corrected chi connectivity index (χ3v) is 3.39. The second-order valence-electron chi connectivity index (χ2n) is 3.94. The number of amides is 3.